The summed E-state index contributed by atoms with van der Waals surface area (Å²) in [7, 11) is 2.07. The van der Waals surface area contributed by atoms with Crippen LogP contribution in [-0.2, 0) is 12.8 Å². The van der Waals surface area contributed by atoms with E-state index in [0.29, 0.717) is 6.04 Å². The van der Waals surface area contributed by atoms with Gasteiger partial charge in [0.2, 0.25) is 0 Å². The summed E-state index contributed by atoms with van der Waals surface area (Å²) < 4.78 is 0. The van der Waals surface area contributed by atoms with Gasteiger partial charge >= 0.3 is 0 Å². The quantitative estimate of drug-likeness (QED) is 0.832. The summed E-state index contributed by atoms with van der Waals surface area (Å²) in [5, 5.41) is 3.45. The molecule has 2 aromatic carbocycles. The molecule has 0 amide bonds. The number of hydrogen-bond acceptors (Lipinski definition) is 1. The zero-order valence-electron chi connectivity index (χ0n) is 12.8. The highest BCUT2D eigenvalue weighted by Crippen LogP contribution is 2.12. The Balaban J connectivity index is 1.92. The summed E-state index contributed by atoms with van der Waals surface area (Å²) in [6.45, 7) is 4.32. The van der Waals surface area contributed by atoms with Gasteiger partial charge in [-0.1, -0.05) is 59.7 Å². The van der Waals surface area contributed by atoms with Crippen LogP contribution in [0.3, 0.4) is 0 Å². The van der Waals surface area contributed by atoms with Crippen LogP contribution in [-0.4, -0.2) is 13.1 Å². The Kier molecular flexibility index (Phi) is 5.37. The number of rotatable bonds is 6. The van der Waals surface area contributed by atoms with E-state index in [9.17, 15) is 0 Å². The first-order chi connectivity index (χ1) is 9.67. The monoisotopic (exact) mass is 267 g/mol. The molecule has 0 heterocycles. The van der Waals surface area contributed by atoms with Crippen molar-refractivity contribution in [2.45, 2.75) is 39.2 Å². The van der Waals surface area contributed by atoms with Gasteiger partial charge in [-0.05, 0) is 51.3 Å². The van der Waals surface area contributed by atoms with E-state index < -0.39 is 0 Å². The summed E-state index contributed by atoms with van der Waals surface area (Å²) in [6.07, 6.45) is 3.41. The van der Waals surface area contributed by atoms with Gasteiger partial charge in [0.15, 0.2) is 0 Å². The van der Waals surface area contributed by atoms with Crippen LogP contribution in [0.1, 0.15) is 28.7 Å². The number of likely N-dealkylation sites (N-methyl/N-ethyl adjacent to an activating group) is 1. The van der Waals surface area contributed by atoms with Crippen molar-refractivity contribution in [1.29, 1.82) is 0 Å². The zero-order chi connectivity index (χ0) is 14.4. The van der Waals surface area contributed by atoms with Crippen LogP contribution in [0, 0.1) is 13.8 Å². The topological polar surface area (TPSA) is 12.0 Å². The van der Waals surface area contributed by atoms with Crippen molar-refractivity contribution in [2.75, 3.05) is 7.05 Å². The molecule has 2 rings (SSSR count). The van der Waals surface area contributed by atoms with Gasteiger partial charge < -0.3 is 5.32 Å². The fourth-order valence-electron chi connectivity index (χ4n) is 2.68. The van der Waals surface area contributed by atoms with Gasteiger partial charge in [0.25, 0.3) is 0 Å². The van der Waals surface area contributed by atoms with E-state index in [0.717, 1.165) is 12.8 Å². The van der Waals surface area contributed by atoms with Crippen LogP contribution < -0.4 is 5.32 Å². The highest BCUT2D eigenvalue weighted by atomic mass is 14.9. The number of hydrogen-bond donors (Lipinski definition) is 1. The molecular weight excluding hydrogens is 242 g/mol. The molecule has 106 valence electrons. The molecule has 1 unspecified atom stereocenters. The van der Waals surface area contributed by atoms with E-state index in [4.69, 9.17) is 0 Å². The van der Waals surface area contributed by atoms with Crippen molar-refractivity contribution in [3.63, 3.8) is 0 Å². The van der Waals surface area contributed by atoms with E-state index >= 15 is 0 Å². The molecule has 0 saturated heterocycles. The number of aryl methyl sites for hydroxylation is 3. The van der Waals surface area contributed by atoms with Crippen molar-refractivity contribution in [1.82, 2.24) is 5.32 Å². The minimum absolute atomic E-state index is 0.539. The van der Waals surface area contributed by atoms with E-state index in [2.05, 4.69) is 74.7 Å². The second-order valence-corrected chi connectivity index (χ2v) is 5.71. The van der Waals surface area contributed by atoms with Crippen molar-refractivity contribution >= 4 is 0 Å². The SMILES string of the molecule is CNC(CCc1cccc(C)c1)Cc1cccc(C)c1. The molecule has 0 aromatic heterocycles. The van der Waals surface area contributed by atoms with Crippen molar-refractivity contribution < 1.29 is 0 Å². The Labute approximate surface area is 123 Å². The van der Waals surface area contributed by atoms with Crippen LogP contribution >= 0.6 is 0 Å². The van der Waals surface area contributed by atoms with Crippen LogP contribution in [0.5, 0.6) is 0 Å². The fraction of sp³-hybridized carbons (Fsp3) is 0.368. The van der Waals surface area contributed by atoms with Crippen LogP contribution in [0.2, 0.25) is 0 Å². The number of benzene rings is 2. The van der Waals surface area contributed by atoms with Gasteiger partial charge in [-0.15, -0.1) is 0 Å². The summed E-state index contributed by atoms with van der Waals surface area (Å²) in [6, 6.07) is 18.2. The molecule has 20 heavy (non-hydrogen) atoms. The van der Waals surface area contributed by atoms with E-state index in [1.54, 1.807) is 0 Å². The van der Waals surface area contributed by atoms with Crippen molar-refractivity contribution in [3.8, 4) is 0 Å². The lowest BCUT2D eigenvalue weighted by Gasteiger charge is -2.16. The Hall–Kier alpha value is -1.60. The van der Waals surface area contributed by atoms with Crippen LogP contribution in [0.15, 0.2) is 48.5 Å². The van der Waals surface area contributed by atoms with E-state index in [1.807, 2.05) is 0 Å². The minimum Gasteiger partial charge on any atom is -0.317 e. The molecular formula is C19H25N. The average molecular weight is 267 g/mol. The van der Waals surface area contributed by atoms with Gasteiger partial charge in [-0.3, -0.25) is 0 Å². The molecule has 1 heteroatoms. The van der Waals surface area contributed by atoms with Gasteiger partial charge in [-0.2, -0.15) is 0 Å². The third-order valence-corrected chi connectivity index (χ3v) is 3.84. The summed E-state index contributed by atoms with van der Waals surface area (Å²) in [5.41, 5.74) is 5.56. The Morgan fingerprint density at radius 3 is 2.10 bits per heavy atom. The third kappa shape index (κ3) is 4.50. The lowest BCUT2D eigenvalue weighted by atomic mass is 9.98. The second-order valence-electron chi connectivity index (χ2n) is 5.71. The first-order valence-corrected chi connectivity index (χ1v) is 7.46. The predicted octanol–water partition coefficient (Wildman–Crippen LogP) is 4.07. The van der Waals surface area contributed by atoms with Crippen molar-refractivity contribution in [3.05, 3.63) is 70.8 Å². The highest BCUT2D eigenvalue weighted by Gasteiger charge is 2.08. The third-order valence-electron chi connectivity index (χ3n) is 3.84. The molecule has 0 aliphatic heterocycles. The molecule has 0 bridgehead atoms. The second kappa shape index (κ2) is 7.25. The molecule has 0 radical (unpaired) electrons. The average Bonchev–Trinajstić information content (AvgIpc) is 2.43. The predicted molar refractivity (Wildman–Crippen MR) is 87.2 cm³/mol. The smallest absolute Gasteiger partial charge is 0.0108 e. The van der Waals surface area contributed by atoms with E-state index in [-0.39, 0.29) is 0 Å². The Bertz CT molecular complexity index is 545. The first kappa shape index (κ1) is 14.8. The maximum absolute atomic E-state index is 3.45. The fourth-order valence-corrected chi connectivity index (χ4v) is 2.68. The molecule has 1 nitrogen and oxygen atoms in total. The zero-order valence-corrected chi connectivity index (χ0v) is 12.8. The van der Waals surface area contributed by atoms with Gasteiger partial charge in [0, 0.05) is 6.04 Å². The minimum atomic E-state index is 0.539. The molecule has 1 atom stereocenters. The normalized spacial score (nSPS) is 12.3. The molecule has 0 aliphatic rings. The summed E-state index contributed by atoms with van der Waals surface area (Å²) >= 11 is 0. The standard InChI is InChI=1S/C19H25N/c1-15-6-4-8-17(12-15)10-11-19(20-3)14-18-9-5-7-16(2)13-18/h4-9,12-13,19-20H,10-11,14H2,1-3H3. The lowest BCUT2D eigenvalue weighted by molar-refractivity contribution is 0.520. The maximum Gasteiger partial charge on any atom is 0.0108 e. The van der Waals surface area contributed by atoms with Gasteiger partial charge in [0.05, 0.1) is 0 Å². The van der Waals surface area contributed by atoms with Crippen LogP contribution in [0.4, 0.5) is 0 Å². The molecule has 1 N–H and O–H groups in total. The number of nitrogens with one attached hydrogen (secondary N) is 1. The molecule has 0 fully saturated rings. The molecule has 0 saturated carbocycles. The molecule has 0 aliphatic carbocycles. The van der Waals surface area contributed by atoms with Crippen LogP contribution in [0.25, 0.3) is 0 Å². The van der Waals surface area contributed by atoms with Crippen molar-refractivity contribution in [2.24, 2.45) is 0 Å². The molecule has 0 spiro atoms. The van der Waals surface area contributed by atoms with E-state index in [1.165, 1.54) is 28.7 Å². The summed E-state index contributed by atoms with van der Waals surface area (Å²) in [5.74, 6) is 0. The Morgan fingerprint density at radius 1 is 0.900 bits per heavy atom. The lowest BCUT2D eigenvalue weighted by Crippen LogP contribution is -2.28. The Morgan fingerprint density at radius 2 is 1.50 bits per heavy atom. The highest BCUT2D eigenvalue weighted by molar-refractivity contribution is 5.24. The van der Waals surface area contributed by atoms with Gasteiger partial charge in [0.1, 0.15) is 0 Å². The summed E-state index contributed by atoms with van der Waals surface area (Å²) in [4.78, 5) is 0. The molecule has 2 aromatic rings. The maximum atomic E-state index is 3.45. The largest absolute Gasteiger partial charge is 0.317 e. The van der Waals surface area contributed by atoms with Gasteiger partial charge in [-0.25, -0.2) is 0 Å². The first-order valence-electron chi connectivity index (χ1n) is 7.46.